The molecule has 0 fully saturated rings. The van der Waals surface area contributed by atoms with E-state index in [1.807, 2.05) is 6.92 Å². The first kappa shape index (κ1) is 6.01. The summed E-state index contributed by atoms with van der Waals surface area (Å²) in [6.45, 7) is 2.52. The number of rotatable bonds is 2. The van der Waals surface area contributed by atoms with Crippen LogP contribution in [0.15, 0.2) is 12.5 Å². The van der Waals surface area contributed by atoms with E-state index in [4.69, 9.17) is 4.74 Å². The van der Waals surface area contributed by atoms with Crippen LogP contribution in [0, 0.1) is 6.07 Å². The van der Waals surface area contributed by atoms with Gasteiger partial charge in [-0.15, -0.1) is 0 Å². The van der Waals surface area contributed by atoms with E-state index in [-0.39, 0.29) is 0 Å². The van der Waals surface area contributed by atoms with E-state index in [2.05, 4.69) is 16.0 Å². The highest BCUT2D eigenvalue weighted by Gasteiger charge is 1.87. The minimum absolute atomic E-state index is 0.507. The molecular formula is C6H7N2O. The Morgan fingerprint density at radius 1 is 1.78 bits per heavy atom. The highest BCUT2D eigenvalue weighted by Crippen LogP contribution is 1.98. The molecule has 1 rings (SSSR count). The SMILES string of the molecule is CCOc1[c]cncn1. The van der Waals surface area contributed by atoms with Crippen LogP contribution < -0.4 is 4.74 Å². The molecule has 0 aromatic carbocycles. The van der Waals surface area contributed by atoms with Gasteiger partial charge in [-0.25, -0.2) is 9.97 Å². The van der Waals surface area contributed by atoms with Gasteiger partial charge in [0.1, 0.15) is 6.33 Å². The molecule has 3 heteroatoms. The van der Waals surface area contributed by atoms with Crippen LogP contribution in [-0.2, 0) is 0 Å². The molecule has 0 aliphatic rings. The first-order valence-corrected chi connectivity index (χ1v) is 2.74. The zero-order chi connectivity index (χ0) is 6.53. The molecule has 9 heavy (non-hydrogen) atoms. The Hall–Kier alpha value is -1.12. The van der Waals surface area contributed by atoms with Crippen LogP contribution >= 0.6 is 0 Å². The second-order valence-corrected chi connectivity index (χ2v) is 1.41. The third-order valence-electron chi connectivity index (χ3n) is 0.785. The molecule has 1 heterocycles. The molecule has 3 nitrogen and oxygen atoms in total. The van der Waals surface area contributed by atoms with E-state index in [1.54, 1.807) is 0 Å². The normalized spacial score (nSPS) is 9.00. The number of aromatic nitrogens is 2. The van der Waals surface area contributed by atoms with Crippen LogP contribution in [0.5, 0.6) is 5.88 Å². The van der Waals surface area contributed by atoms with Gasteiger partial charge < -0.3 is 4.74 Å². The van der Waals surface area contributed by atoms with Gasteiger partial charge in [-0.3, -0.25) is 0 Å². The molecule has 0 N–H and O–H groups in total. The van der Waals surface area contributed by atoms with Crippen molar-refractivity contribution in [3.8, 4) is 5.88 Å². The lowest BCUT2D eigenvalue weighted by molar-refractivity contribution is 0.325. The van der Waals surface area contributed by atoms with Crippen molar-refractivity contribution in [1.29, 1.82) is 0 Å². The maximum atomic E-state index is 5.00. The molecule has 0 bridgehead atoms. The molecule has 1 aromatic rings. The van der Waals surface area contributed by atoms with Crippen molar-refractivity contribution in [2.75, 3.05) is 6.61 Å². The Labute approximate surface area is 53.7 Å². The lowest BCUT2D eigenvalue weighted by Gasteiger charge is -1.96. The van der Waals surface area contributed by atoms with E-state index in [1.165, 1.54) is 12.5 Å². The van der Waals surface area contributed by atoms with Crippen molar-refractivity contribution < 1.29 is 4.74 Å². The molecule has 47 valence electrons. The molecule has 0 atom stereocenters. The summed E-state index contributed by atoms with van der Waals surface area (Å²) in [5, 5.41) is 0. The smallest absolute Gasteiger partial charge is 0.224 e. The Morgan fingerprint density at radius 3 is 3.22 bits per heavy atom. The van der Waals surface area contributed by atoms with Crippen LogP contribution in [-0.4, -0.2) is 16.6 Å². The van der Waals surface area contributed by atoms with Crippen molar-refractivity contribution in [1.82, 2.24) is 9.97 Å². The van der Waals surface area contributed by atoms with Gasteiger partial charge >= 0.3 is 0 Å². The van der Waals surface area contributed by atoms with E-state index >= 15 is 0 Å². The molecule has 0 aliphatic carbocycles. The van der Waals surface area contributed by atoms with E-state index < -0.39 is 0 Å². The topological polar surface area (TPSA) is 35.0 Å². The minimum Gasteiger partial charge on any atom is -0.477 e. The monoisotopic (exact) mass is 123 g/mol. The number of hydrogen-bond donors (Lipinski definition) is 0. The van der Waals surface area contributed by atoms with Gasteiger partial charge in [0.05, 0.1) is 12.7 Å². The number of nitrogens with zero attached hydrogens (tertiary/aromatic N) is 2. The van der Waals surface area contributed by atoms with Gasteiger partial charge in [0.2, 0.25) is 5.88 Å². The lowest BCUT2D eigenvalue weighted by atomic mass is 10.6. The summed E-state index contributed by atoms with van der Waals surface area (Å²) in [5.74, 6) is 0.507. The van der Waals surface area contributed by atoms with Crippen LogP contribution in [0.1, 0.15) is 6.92 Å². The summed E-state index contributed by atoms with van der Waals surface area (Å²) in [5.41, 5.74) is 0. The van der Waals surface area contributed by atoms with Crippen molar-refractivity contribution >= 4 is 0 Å². The Balaban J connectivity index is 2.61. The largest absolute Gasteiger partial charge is 0.477 e. The fourth-order valence-corrected chi connectivity index (χ4v) is 0.465. The van der Waals surface area contributed by atoms with Crippen molar-refractivity contribution in [3.63, 3.8) is 0 Å². The third-order valence-corrected chi connectivity index (χ3v) is 0.785. The summed E-state index contributed by atoms with van der Waals surface area (Å²) in [7, 11) is 0. The van der Waals surface area contributed by atoms with Crippen LogP contribution in [0.2, 0.25) is 0 Å². The molecule has 1 aromatic heterocycles. The third kappa shape index (κ3) is 1.68. The Kier molecular flexibility index (Phi) is 2.01. The van der Waals surface area contributed by atoms with Crippen LogP contribution in [0.4, 0.5) is 0 Å². The second-order valence-electron chi connectivity index (χ2n) is 1.41. The molecular weight excluding hydrogens is 116 g/mol. The lowest BCUT2D eigenvalue weighted by Crippen LogP contribution is -1.93. The molecule has 0 saturated carbocycles. The first-order valence-electron chi connectivity index (χ1n) is 2.74. The summed E-state index contributed by atoms with van der Waals surface area (Å²) in [6.07, 6.45) is 2.96. The van der Waals surface area contributed by atoms with E-state index in [0.29, 0.717) is 12.5 Å². The highest BCUT2D eigenvalue weighted by atomic mass is 16.5. The molecule has 0 amide bonds. The summed E-state index contributed by atoms with van der Waals surface area (Å²) in [6, 6.07) is 2.72. The van der Waals surface area contributed by atoms with Crippen molar-refractivity contribution in [3.05, 3.63) is 18.6 Å². The average molecular weight is 123 g/mol. The molecule has 1 radical (unpaired) electrons. The first-order chi connectivity index (χ1) is 4.43. The van der Waals surface area contributed by atoms with Gasteiger partial charge in [0.25, 0.3) is 0 Å². The summed E-state index contributed by atoms with van der Waals surface area (Å²) in [4.78, 5) is 7.46. The highest BCUT2D eigenvalue weighted by molar-refractivity contribution is 5.01. The average Bonchev–Trinajstić information content (AvgIpc) is 1.91. The molecule has 0 saturated heterocycles. The van der Waals surface area contributed by atoms with Gasteiger partial charge in [0.15, 0.2) is 0 Å². The van der Waals surface area contributed by atoms with E-state index in [9.17, 15) is 0 Å². The molecule has 0 spiro atoms. The predicted molar refractivity (Wildman–Crippen MR) is 32.0 cm³/mol. The fourth-order valence-electron chi connectivity index (χ4n) is 0.465. The Bertz CT molecular complexity index is 164. The summed E-state index contributed by atoms with van der Waals surface area (Å²) >= 11 is 0. The molecule has 0 unspecified atom stereocenters. The van der Waals surface area contributed by atoms with Crippen molar-refractivity contribution in [2.45, 2.75) is 6.92 Å². The summed E-state index contributed by atoms with van der Waals surface area (Å²) < 4.78 is 5.00. The van der Waals surface area contributed by atoms with Crippen LogP contribution in [0.25, 0.3) is 0 Å². The van der Waals surface area contributed by atoms with Gasteiger partial charge in [-0.2, -0.15) is 0 Å². The number of ether oxygens (including phenoxy) is 1. The Morgan fingerprint density at radius 2 is 2.67 bits per heavy atom. The maximum absolute atomic E-state index is 5.00. The van der Waals surface area contributed by atoms with Crippen molar-refractivity contribution in [2.24, 2.45) is 0 Å². The van der Waals surface area contributed by atoms with Gasteiger partial charge in [-0.1, -0.05) is 0 Å². The zero-order valence-corrected chi connectivity index (χ0v) is 5.16. The predicted octanol–water partition coefficient (Wildman–Crippen LogP) is 0.675. The van der Waals surface area contributed by atoms with Gasteiger partial charge in [-0.05, 0) is 6.92 Å². The fraction of sp³-hybridized carbons (Fsp3) is 0.333. The van der Waals surface area contributed by atoms with Gasteiger partial charge in [0, 0.05) is 6.20 Å². The minimum atomic E-state index is 0.507. The maximum Gasteiger partial charge on any atom is 0.224 e. The van der Waals surface area contributed by atoms with Crippen LogP contribution in [0.3, 0.4) is 0 Å². The standard InChI is InChI=1S/C6H7N2O/c1-2-9-6-3-4-7-5-8-6/h4-5H,2H2,1H3. The number of hydrogen-bond acceptors (Lipinski definition) is 3. The second kappa shape index (κ2) is 3.02. The zero-order valence-electron chi connectivity index (χ0n) is 5.16. The quantitative estimate of drug-likeness (QED) is 0.580. The van der Waals surface area contributed by atoms with E-state index in [0.717, 1.165) is 0 Å². The molecule has 0 aliphatic heterocycles.